The molecule has 0 saturated carbocycles. The first-order valence-corrected chi connectivity index (χ1v) is 11.5. The van der Waals surface area contributed by atoms with E-state index in [1.54, 1.807) is 29.2 Å². The van der Waals surface area contributed by atoms with Crippen LogP contribution in [0.2, 0.25) is 0 Å². The molecule has 1 fully saturated rings. The molecule has 2 aliphatic heterocycles. The molecule has 6 heteroatoms. The molecule has 3 amide bonds. The Bertz CT molecular complexity index is 994. The molecule has 1 N–H and O–H groups in total. The summed E-state index contributed by atoms with van der Waals surface area (Å²) in [7, 11) is 0. The summed E-state index contributed by atoms with van der Waals surface area (Å²) < 4.78 is 0. The van der Waals surface area contributed by atoms with Gasteiger partial charge in [-0.3, -0.25) is 14.4 Å². The van der Waals surface area contributed by atoms with Crippen LogP contribution >= 0.6 is 0 Å². The zero-order chi connectivity index (χ0) is 22.7. The van der Waals surface area contributed by atoms with Gasteiger partial charge in [-0.15, -0.1) is 0 Å². The number of carbonyl (C=O) groups is 3. The monoisotopic (exact) mass is 433 g/mol. The van der Waals surface area contributed by atoms with Crippen LogP contribution in [0.1, 0.15) is 54.6 Å². The lowest BCUT2D eigenvalue weighted by molar-refractivity contribution is -0.140. The summed E-state index contributed by atoms with van der Waals surface area (Å²) in [5.41, 5.74) is 3.46. The smallest absolute Gasteiger partial charge is 0.253 e. The van der Waals surface area contributed by atoms with Gasteiger partial charge in [-0.25, -0.2) is 0 Å². The van der Waals surface area contributed by atoms with E-state index in [1.807, 2.05) is 43.0 Å². The lowest BCUT2D eigenvalue weighted by Gasteiger charge is -2.36. The van der Waals surface area contributed by atoms with Gasteiger partial charge in [0.25, 0.3) is 5.91 Å². The molecule has 1 unspecified atom stereocenters. The minimum atomic E-state index is -0.554. The van der Waals surface area contributed by atoms with E-state index in [0.29, 0.717) is 30.6 Å². The van der Waals surface area contributed by atoms with E-state index in [1.165, 1.54) is 0 Å². The molecule has 4 rings (SSSR count). The molecule has 0 bridgehead atoms. The van der Waals surface area contributed by atoms with Crippen molar-refractivity contribution in [2.75, 3.05) is 18.4 Å². The summed E-state index contributed by atoms with van der Waals surface area (Å²) in [4.78, 5) is 42.3. The number of carbonyl (C=O) groups excluding carboxylic acids is 3. The fourth-order valence-corrected chi connectivity index (χ4v) is 4.51. The molecule has 168 valence electrons. The molecule has 2 aliphatic rings. The Morgan fingerprint density at radius 1 is 0.969 bits per heavy atom. The minimum Gasteiger partial charge on any atom is -0.339 e. The van der Waals surface area contributed by atoms with Crippen LogP contribution in [0, 0.1) is 5.92 Å². The molecule has 0 aromatic heterocycles. The van der Waals surface area contributed by atoms with Crippen LogP contribution in [0.25, 0.3) is 0 Å². The quantitative estimate of drug-likeness (QED) is 0.778. The van der Waals surface area contributed by atoms with Crippen molar-refractivity contribution >= 4 is 23.4 Å². The van der Waals surface area contributed by atoms with Crippen LogP contribution in [0.15, 0.2) is 48.5 Å². The van der Waals surface area contributed by atoms with Crippen molar-refractivity contribution in [3.05, 3.63) is 65.2 Å². The van der Waals surface area contributed by atoms with Crippen molar-refractivity contribution in [1.82, 2.24) is 9.80 Å². The second-order valence-electron chi connectivity index (χ2n) is 9.17. The molecule has 1 saturated heterocycles. The largest absolute Gasteiger partial charge is 0.339 e. The fraction of sp³-hybridized carbons (Fsp3) is 0.423. The number of nitrogens with zero attached hydrogens (tertiary/aromatic N) is 2. The lowest BCUT2D eigenvalue weighted by Crippen LogP contribution is -2.50. The Labute approximate surface area is 189 Å². The molecule has 32 heavy (non-hydrogen) atoms. The van der Waals surface area contributed by atoms with Crippen molar-refractivity contribution in [3.63, 3.8) is 0 Å². The van der Waals surface area contributed by atoms with E-state index in [0.717, 1.165) is 37.1 Å². The summed E-state index contributed by atoms with van der Waals surface area (Å²) in [6, 6.07) is 14.5. The number of likely N-dealkylation sites (tertiary alicyclic amines) is 1. The highest BCUT2D eigenvalue weighted by molar-refractivity contribution is 5.99. The van der Waals surface area contributed by atoms with Crippen LogP contribution in [-0.2, 0) is 22.6 Å². The Hall–Kier alpha value is -3.15. The zero-order valence-electron chi connectivity index (χ0n) is 18.8. The lowest BCUT2D eigenvalue weighted by atomic mass is 9.92. The van der Waals surface area contributed by atoms with Crippen molar-refractivity contribution in [3.8, 4) is 0 Å². The maximum atomic E-state index is 13.2. The van der Waals surface area contributed by atoms with Crippen molar-refractivity contribution in [1.29, 1.82) is 0 Å². The fourth-order valence-electron chi connectivity index (χ4n) is 4.51. The van der Waals surface area contributed by atoms with Crippen molar-refractivity contribution < 1.29 is 14.4 Å². The second kappa shape index (κ2) is 9.55. The Kier molecular flexibility index (Phi) is 6.58. The molecule has 2 aromatic rings. The van der Waals surface area contributed by atoms with Gasteiger partial charge in [0.1, 0.15) is 6.04 Å². The number of anilines is 1. The number of benzene rings is 2. The first-order valence-electron chi connectivity index (χ1n) is 11.5. The van der Waals surface area contributed by atoms with Gasteiger partial charge in [-0.2, -0.15) is 0 Å². The predicted octanol–water partition coefficient (Wildman–Crippen LogP) is 3.86. The number of hydrogen-bond donors (Lipinski definition) is 1. The third-order valence-corrected chi connectivity index (χ3v) is 6.25. The maximum absolute atomic E-state index is 13.2. The highest BCUT2D eigenvalue weighted by Gasteiger charge is 2.34. The van der Waals surface area contributed by atoms with Crippen LogP contribution in [-0.4, -0.2) is 46.7 Å². The first-order chi connectivity index (χ1) is 15.4. The van der Waals surface area contributed by atoms with E-state index in [9.17, 15) is 14.4 Å². The standard InChI is InChI=1S/C26H31N3O3/c1-18(2)15-24(30)29-17-21-8-4-3-7-20(21)16-23(29)25(31)27-22-11-9-19(10-12-22)26(32)28-13-5-6-14-28/h3-4,7-12,18,23H,5-6,13-17H2,1-2H3,(H,27,31). The van der Waals surface area contributed by atoms with Crippen LogP contribution in [0.4, 0.5) is 5.69 Å². The SMILES string of the molecule is CC(C)CC(=O)N1Cc2ccccc2CC1C(=O)Nc1ccc(C(=O)N2CCCC2)cc1. The number of fused-ring (bicyclic) bond motifs is 1. The number of hydrogen-bond acceptors (Lipinski definition) is 3. The highest BCUT2D eigenvalue weighted by Crippen LogP contribution is 2.26. The average Bonchev–Trinajstić information content (AvgIpc) is 3.32. The molecule has 6 nitrogen and oxygen atoms in total. The van der Waals surface area contributed by atoms with Crippen LogP contribution in [0.5, 0.6) is 0 Å². The third-order valence-electron chi connectivity index (χ3n) is 6.25. The van der Waals surface area contributed by atoms with Gasteiger partial charge in [0.2, 0.25) is 11.8 Å². The zero-order valence-corrected chi connectivity index (χ0v) is 18.8. The Morgan fingerprint density at radius 3 is 2.28 bits per heavy atom. The van der Waals surface area contributed by atoms with Gasteiger partial charge in [0.05, 0.1) is 0 Å². The van der Waals surface area contributed by atoms with Crippen molar-refractivity contribution in [2.45, 2.75) is 52.1 Å². The van der Waals surface area contributed by atoms with Gasteiger partial charge < -0.3 is 15.1 Å². The van der Waals surface area contributed by atoms with Gasteiger partial charge in [-0.1, -0.05) is 38.1 Å². The van der Waals surface area contributed by atoms with E-state index in [4.69, 9.17) is 0 Å². The maximum Gasteiger partial charge on any atom is 0.253 e. The molecule has 1 atom stereocenters. The molecule has 0 radical (unpaired) electrons. The van der Waals surface area contributed by atoms with E-state index >= 15 is 0 Å². The molecular weight excluding hydrogens is 402 g/mol. The van der Waals surface area contributed by atoms with Gasteiger partial charge in [-0.05, 0) is 54.2 Å². The normalized spacial score (nSPS) is 17.9. The topological polar surface area (TPSA) is 69.7 Å². The highest BCUT2D eigenvalue weighted by atomic mass is 16.2. The molecular formula is C26H31N3O3. The van der Waals surface area contributed by atoms with Crippen molar-refractivity contribution in [2.24, 2.45) is 5.92 Å². The van der Waals surface area contributed by atoms with E-state index < -0.39 is 6.04 Å². The summed E-state index contributed by atoms with van der Waals surface area (Å²) in [5.74, 6) is 0.0650. The van der Waals surface area contributed by atoms with Crippen LogP contribution in [0.3, 0.4) is 0 Å². The summed E-state index contributed by atoms with van der Waals surface area (Å²) >= 11 is 0. The van der Waals surface area contributed by atoms with E-state index in [-0.39, 0.29) is 23.6 Å². The predicted molar refractivity (Wildman–Crippen MR) is 124 cm³/mol. The molecule has 2 heterocycles. The molecule has 0 aliphatic carbocycles. The van der Waals surface area contributed by atoms with Gasteiger partial charge in [0.15, 0.2) is 0 Å². The Balaban J connectivity index is 1.48. The number of amides is 3. The second-order valence-corrected chi connectivity index (χ2v) is 9.17. The summed E-state index contributed by atoms with van der Waals surface area (Å²) in [6.45, 7) is 6.08. The van der Waals surface area contributed by atoms with Gasteiger partial charge >= 0.3 is 0 Å². The first kappa shape index (κ1) is 22.1. The van der Waals surface area contributed by atoms with Gasteiger partial charge in [0, 0.05) is 43.7 Å². The average molecular weight is 434 g/mol. The molecule has 2 aromatic carbocycles. The third kappa shape index (κ3) is 4.85. The molecule has 0 spiro atoms. The number of nitrogens with one attached hydrogen (secondary N) is 1. The summed E-state index contributed by atoms with van der Waals surface area (Å²) in [5, 5.41) is 2.96. The van der Waals surface area contributed by atoms with Crippen LogP contribution < -0.4 is 5.32 Å². The summed E-state index contributed by atoms with van der Waals surface area (Å²) in [6.07, 6.45) is 3.02. The van der Waals surface area contributed by atoms with E-state index in [2.05, 4.69) is 5.32 Å². The Morgan fingerprint density at radius 2 is 1.62 bits per heavy atom. The number of rotatable bonds is 5. The minimum absolute atomic E-state index is 0.00112.